The summed E-state index contributed by atoms with van der Waals surface area (Å²) in [5.74, 6) is -0.626. The van der Waals surface area contributed by atoms with Gasteiger partial charge < -0.3 is 4.40 Å². The molecule has 0 amide bonds. The van der Waals surface area contributed by atoms with Gasteiger partial charge >= 0.3 is 0 Å². The van der Waals surface area contributed by atoms with Gasteiger partial charge in [-0.3, -0.25) is 0 Å². The van der Waals surface area contributed by atoms with Crippen LogP contribution in [-0.4, -0.2) is 4.40 Å². The Morgan fingerprint density at radius 2 is 1.50 bits per heavy atom. The lowest BCUT2D eigenvalue weighted by Gasteiger charge is -2.45. The monoisotopic (exact) mass is 608 g/mol. The Morgan fingerprint density at radius 1 is 0.826 bits per heavy atom. The van der Waals surface area contributed by atoms with Crippen molar-refractivity contribution in [3.8, 4) is 11.3 Å². The highest BCUT2D eigenvalue weighted by Gasteiger charge is 2.39. The van der Waals surface area contributed by atoms with Crippen LogP contribution in [0.2, 0.25) is 0 Å². The van der Waals surface area contributed by atoms with Crippen molar-refractivity contribution >= 4 is 48.9 Å². The highest BCUT2D eigenvalue weighted by molar-refractivity contribution is 6.27. The Morgan fingerprint density at radius 3 is 2.22 bits per heavy atom. The molecule has 2 nitrogen and oxygen atoms in total. The van der Waals surface area contributed by atoms with E-state index in [0.29, 0.717) is 5.56 Å². The molecule has 7 aromatic rings. The van der Waals surface area contributed by atoms with Crippen molar-refractivity contribution in [3.63, 3.8) is 0 Å². The van der Waals surface area contributed by atoms with Gasteiger partial charge in [0.2, 0.25) is 5.69 Å². The van der Waals surface area contributed by atoms with Gasteiger partial charge in [0.1, 0.15) is 7.05 Å². The van der Waals surface area contributed by atoms with Crippen LogP contribution in [0.4, 0.5) is 0 Å². The van der Waals surface area contributed by atoms with E-state index in [1.807, 2.05) is 39.1 Å². The summed E-state index contributed by atoms with van der Waals surface area (Å²) in [6, 6.07) is 26.7. The second-order valence-corrected chi connectivity index (χ2v) is 16.9. The number of fused-ring (bicyclic) bond motifs is 8. The first kappa shape index (κ1) is 26.2. The van der Waals surface area contributed by atoms with Crippen LogP contribution < -0.4 is 4.57 Å². The molecular weight excluding hydrogens is 556 g/mol. The Labute approximate surface area is 278 Å². The molecule has 1 aliphatic carbocycles. The fourth-order valence-corrected chi connectivity index (χ4v) is 9.13. The molecule has 0 aliphatic heterocycles. The fraction of sp³-hybridized carbons (Fsp3) is 0.386. The predicted octanol–water partition coefficient (Wildman–Crippen LogP) is 11.7. The molecule has 8 rings (SSSR count). The summed E-state index contributed by atoms with van der Waals surface area (Å²) in [7, 11) is 2.05. The molecule has 0 spiro atoms. The molecular formula is C44H49N2+. The molecule has 0 unspecified atom stereocenters. The van der Waals surface area contributed by atoms with E-state index in [9.17, 15) is 1.37 Å². The first-order valence-electron chi connectivity index (χ1n) is 18.5. The molecule has 1 aliphatic rings. The van der Waals surface area contributed by atoms with E-state index in [2.05, 4.69) is 111 Å². The lowest BCUT2D eigenvalue weighted by Crippen LogP contribution is -2.32. The Balaban J connectivity index is 1.39. The third kappa shape index (κ3) is 4.71. The lowest BCUT2D eigenvalue weighted by atomic mass is 9.60. The van der Waals surface area contributed by atoms with E-state index in [1.54, 1.807) is 0 Å². The number of nitrogens with zero attached hydrogens (tertiary/aromatic N) is 2. The average Bonchev–Trinajstić information content (AvgIpc) is 3.50. The number of rotatable bonds is 3. The van der Waals surface area contributed by atoms with Crippen molar-refractivity contribution in [2.45, 2.75) is 86.9 Å². The molecule has 0 radical (unpaired) electrons. The van der Waals surface area contributed by atoms with Gasteiger partial charge in [0.05, 0.1) is 16.6 Å². The normalized spacial score (nSPS) is 19.3. The number of benzene rings is 4. The average molecular weight is 609 g/mol. The first-order valence-corrected chi connectivity index (χ1v) is 17.0. The zero-order valence-corrected chi connectivity index (χ0v) is 29.0. The molecule has 3 heterocycles. The van der Waals surface area contributed by atoms with Crippen molar-refractivity contribution in [1.29, 1.82) is 0 Å². The van der Waals surface area contributed by atoms with Crippen molar-refractivity contribution in [2.24, 2.45) is 23.3 Å². The van der Waals surface area contributed by atoms with E-state index in [0.717, 1.165) is 36.1 Å². The minimum absolute atomic E-state index is 0.116. The fourth-order valence-electron chi connectivity index (χ4n) is 9.13. The van der Waals surface area contributed by atoms with Crippen LogP contribution >= 0.6 is 0 Å². The minimum atomic E-state index is -1.49. The summed E-state index contributed by atoms with van der Waals surface area (Å²) in [5, 5.41) is 7.34. The molecule has 0 atom stereocenters. The highest BCUT2D eigenvalue weighted by atomic mass is 14.9. The number of aromatic nitrogens is 2. The van der Waals surface area contributed by atoms with E-state index < -0.39 is 17.7 Å². The van der Waals surface area contributed by atoms with E-state index in [1.165, 1.54) is 54.4 Å². The molecule has 0 N–H and O–H groups in total. The van der Waals surface area contributed by atoms with Crippen molar-refractivity contribution in [1.82, 2.24) is 4.40 Å². The topological polar surface area (TPSA) is 8.29 Å². The largest absolute Gasteiger partial charge is 0.307 e. The predicted molar refractivity (Wildman–Crippen MR) is 197 cm³/mol. The lowest BCUT2D eigenvalue weighted by molar-refractivity contribution is -0.660. The van der Waals surface area contributed by atoms with Gasteiger partial charge in [-0.1, -0.05) is 90.9 Å². The van der Waals surface area contributed by atoms with Crippen LogP contribution in [0, 0.1) is 23.2 Å². The van der Waals surface area contributed by atoms with Gasteiger partial charge in [0, 0.05) is 48.7 Å². The molecule has 1 fully saturated rings. The SMILES string of the molecule is [2H]C1(c2ccc3c(c2)c2cccc4c5ccc6cc(C)c(-c7cc(C([2H])([2H])C(C)(C)C)cc[n+]7C)cc6c5n3c24)CC(C)(C)CC(C)(C)C1. The van der Waals surface area contributed by atoms with Crippen molar-refractivity contribution in [3.05, 3.63) is 95.7 Å². The number of hydrogen-bond acceptors (Lipinski definition) is 0. The molecule has 2 heteroatoms. The summed E-state index contributed by atoms with van der Waals surface area (Å²) in [6.45, 7) is 17.4. The smallest absolute Gasteiger partial charge is 0.212 e. The third-order valence-corrected chi connectivity index (χ3v) is 10.3. The Kier molecular flexibility index (Phi) is 5.58. The van der Waals surface area contributed by atoms with Crippen LogP contribution in [-0.2, 0) is 13.4 Å². The molecule has 0 saturated heterocycles. The van der Waals surface area contributed by atoms with Crippen molar-refractivity contribution in [2.75, 3.05) is 0 Å². The van der Waals surface area contributed by atoms with Gasteiger partial charge in [-0.15, -0.1) is 0 Å². The summed E-state index contributed by atoms with van der Waals surface area (Å²) in [6.07, 6.45) is 3.38. The van der Waals surface area contributed by atoms with Gasteiger partial charge in [-0.05, 0) is 95.0 Å². The minimum Gasteiger partial charge on any atom is -0.307 e. The van der Waals surface area contributed by atoms with Gasteiger partial charge in [-0.25, -0.2) is 4.57 Å². The van der Waals surface area contributed by atoms with E-state index in [4.69, 9.17) is 2.74 Å². The zero-order chi connectivity index (χ0) is 35.1. The summed E-state index contributed by atoms with van der Waals surface area (Å²) in [4.78, 5) is 0. The number of aryl methyl sites for hydroxylation is 2. The first-order chi connectivity index (χ1) is 22.8. The van der Waals surface area contributed by atoms with E-state index >= 15 is 0 Å². The van der Waals surface area contributed by atoms with E-state index in [-0.39, 0.29) is 10.8 Å². The summed E-state index contributed by atoms with van der Waals surface area (Å²) >= 11 is 0. The molecule has 234 valence electrons. The Bertz CT molecular complexity index is 2460. The van der Waals surface area contributed by atoms with Crippen LogP contribution in [0.3, 0.4) is 0 Å². The molecule has 4 aromatic carbocycles. The van der Waals surface area contributed by atoms with Crippen LogP contribution in [0.15, 0.2) is 79.0 Å². The number of pyridine rings is 1. The number of hydrogen-bond donors (Lipinski definition) is 0. The van der Waals surface area contributed by atoms with Crippen LogP contribution in [0.1, 0.15) is 94.4 Å². The highest BCUT2D eigenvalue weighted by Crippen LogP contribution is 2.52. The quantitative estimate of drug-likeness (QED) is 0.176. The molecule has 0 bridgehead atoms. The summed E-state index contributed by atoms with van der Waals surface area (Å²) < 4.78 is 32.4. The standard InChI is InChI=1S/C44H49N2/c1-27-19-30-13-15-34-32-11-10-12-33-37-21-29(31-24-43(5,6)26-44(7,8)25-31)14-16-38(37)46(40(32)33)41(34)36(30)22-35(27)39-20-28(17-18-45(39)9)23-42(2,3)4/h10-22,31H,23-26H2,1-9H3/q+1/i23D2,31D. The number of para-hydroxylation sites is 1. The maximum Gasteiger partial charge on any atom is 0.212 e. The maximum atomic E-state index is 9.84. The van der Waals surface area contributed by atoms with Crippen molar-refractivity contribution < 1.29 is 8.68 Å². The van der Waals surface area contributed by atoms with Gasteiger partial charge in [0.25, 0.3) is 0 Å². The van der Waals surface area contributed by atoms with Gasteiger partial charge in [-0.2, -0.15) is 0 Å². The van der Waals surface area contributed by atoms with Crippen LogP contribution in [0.25, 0.3) is 60.1 Å². The third-order valence-electron chi connectivity index (χ3n) is 10.3. The molecule has 1 saturated carbocycles. The summed E-state index contributed by atoms with van der Waals surface area (Å²) in [5.41, 5.74) is 8.43. The maximum absolute atomic E-state index is 9.84. The Hall–Kier alpha value is -3.91. The second kappa shape index (κ2) is 9.80. The molecule has 3 aromatic heterocycles. The second-order valence-electron chi connectivity index (χ2n) is 16.9. The van der Waals surface area contributed by atoms with Crippen LogP contribution in [0.5, 0.6) is 0 Å². The zero-order valence-electron chi connectivity index (χ0n) is 32.0. The molecule has 46 heavy (non-hydrogen) atoms. The van der Waals surface area contributed by atoms with Gasteiger partial charge in [0.15, 0.2) is 6.20 Å².